The summed E-state index contributed by atoms with van der Waals surface area (Å²) in [6, 6.07) is 0. The van der Waals surface area contributed by atoms with Crippen LogP contribution in [0.1, 0.15) is 35.0 Å². The molecule has 1 heterocycles. The number of unbranched alkanes of at least 4 members (excludes halogenated alkanes) is 1. The van der Waals surface area contributed by atoms with Gasteiger partial charge in [0.25, 0.3) is 0 Å². The van der Waals surface area contributed by atoms with Crippen LogP contribution in [0, 0.1) is 6.92 Å². The van der Waals surface area contributed by atoms with Gasteiger partial charge in [-0.3, -0.25) is 0 Å². The SMILES string of the molecule is CCCCNS(=O)(=O)c1c(C)csc1C(=O)OC. The highest BCUT2D eigenvalue weighted by molar-refractivity contribution is 7.89. The molecule has 0 saturated carbocycles. The largest absolute Gasteiger partial charge is 0.465 e. The first kappa shape index (κ1) is 15.1. The second kappa shape index (κ2) is 6.31. The molecular formula is C11H17NO4S2. The Morgan fingerprint density at radius 2 is 2.17 bits per heavy atom. The first-order valence-electron chi connectivity index (χ1n) is 5.60. The van der Waals surface area contributed by atoms with Crippen LogP contribution in [-0.4, -0.2) is 28.0 Å². The van der Waals surface area contributed by atoms with Gasteiger partial charge in [0, 0.05) is 6.54 Å². The Bertz CT molecular complexity index is 519. The van der Waals surface area contributed by atoms with E-state index >= 15 is 0 Å². The highest BCUT2D eigenvalue weighted by Gasteiger charge is 2.26. The van der Waals surface area contributed by atoms with Crippen molar-refractivity contribution in [2.45, 2.75) is 31.6 Å². The topological polar surface area (TPSA) is 72.5 Å². The summed E-state index contributed by atoms with van der Waals surface area (Å²) in [4.78, 5) is 11.7. The summed E-state index contributed by atoms with van der Waals surface area (Å²) in [5.41, 5.74) is 0.560. The van der Waals surface area contributed by atoms with Crippen molar-refractivity contribution in [1.82, 2.24) is 4.72 Å². The molecule has 102 valence electrons. The number of hydrogen-bond donors (Lipinski definition) is 1. The minimum atomic E-state index is -3.65. The number of sulfonamides is 1. The Kier molecular flexibility index (Phi) is 5.30. The van der Waals surface area contributed by atoms with Crippen molar-refractivity contribution in [3.8, 4) is 0 Å². The van der Waals surface area contributed by atoms with Gasteiger partial charge < -0.3 is 4.74 Å². The lowest BCUT2D eigenvalue weighted by molar-refractivity contribution is 0.0602. The van der Waals surface area contributed by atoms with Crippen molar-refractivity contribution < 1.29 is 17.9 Å². The molecule has 1 aromatic rings. The smallest absolute Gasteiger partial charge is 0.349 e. The van der Waals surface area contributed by atoms with E-state index in [-0.39, 0.29) is 9.77 Å². The minimum Gasteiger partial charge on any atom is -0.465 e. The molecule has 18 heavy (non-hydrogen) atoms. The highest BCUT2D eigenvalue weighted by atomic mass is 32.2. The third-order valence-corrected chi connectivity index (χ3v) is 5.23. The van der Waals surface area contributed by atoms with Gasteiger partial charge in [-0.25, -0.2) is 17.9 Å². The lowest BCUT2D eigenvalue weighted by Gasteiger charge is -2.07. The van der Waals surface area contributed by atoms with Crippen molar-refractivity contribution in [3.05, 3.63) is 15.8 Å². The van der Waals surface area contributed by atoms with Crippen molar-refractivity contribution in [2.24, 2.45) is 0 Å². The van der Waals surface area contributed by atoms with Crippen molar-refractivity contribution >= 4 is 27.3 Å². The van der Waals surface area contributed by atoms with Crippen molar-refractivity contribution in [1.29, 1.82) is 0 Å². The summed E-state index contributed by atoms with van der Waals surface area (Å²) in [6.07, 6.45) is 1.66. The van der Waals surface area contributed by atoms with Crippen LogP contribution in [0.25, 0.3) is 0 Å². The molecule has 7 heteroatoms. The molecule has 1 N–H and O–H groups in total. The molecule has 1 rings (SSSR count). The Hall–Kier alpha value is -0.920. The van der Waals surface area contributed by atoms with Crippen LogP contribution in [0.2, 0.25) is 0 Å². The molecule has 0 radical (unpaired) electrons. The molecule has 0 atom stereocenters. The number of ether oxygens (including phenoxy) is 1. The van der Waals surface area contributed by atoms with E-state index in [9.17, 15) is 13.2 Å². The van der Waals surface area contributed by atoms with E-state index in [0.29, 0.717) is 12.1 Å². The summed E-state index contributed by atoms with van der Waals surface area (Å²) in [6.45, 7) is 4.01. The molecule has 0 amide bonds. The number of esters is 1. The Balaban J connectivity index is 3.07. The standard InChI is InChI=1S/C11H17NO4S2/c1-4-5-6-12-18(14,15)10-8(2)7-17-9(10)11(13)16-3/h7,12H,4-6H2,1-3H3. The van der Waals surface area contributed by atoms with Crippen LogP contribution in [0.15, 0.2) is 10.3 Å². The fourth-order valence-corrected chi connectivity index (χ4v) is 4.23. The van der Waals surface area contributed by atoms with Crippen molar-refractivity contribution in [3.63, 3.8) is 0 Å². The van der Waals surface area contributed by atoms with E-state index in [1.54, 1.807) is 12.3 Å². The minimum absolute atomic E-state index is 0.0375. The molecule has 0 saturated heterocycles. The molecule has 0 aliphatic carbocycles. The molecule has 0 fully saturated rings. The van der Waals surface area contributed by atoms with Gasteiger partial charge in [-0.1, -0.05) is 13.3 Å². The van der Waals surface area contributed by atoms with Crippen LogP contribution in [-0.2, 0) is 14.8 Å². The predicted molar refractivity (Wildman–Crippen MR) is 70.5 cm³/mol. The number of rotatable bonds is 6. The van der Waals surface area contributed by atoms with Crippen LogP contribution in [0.5, 0.6) is 0 Å². The monoisotopic (exact) mass is 291 g/mol. The first-order valence-corrected chi connectivity index (χ1v) is 7.96. The normalized spacial score (nSPS) is 11.5. The van der Waals surface area contributed by atoms with Gasteiger partial charge in [0.05, 0.1) is 7.11 Å². The Morgan fingerprint density at radius 3 is 2.72 bits per heavy atom. The van der Waals surface area contributed by atoms with Crippen LogP contribution >= 0.6 is 11.3 Å². The fraction of sp³-hybridized carbons (Fsp3) is 0.545. The summed E-state index contributed by atoms with van der Waals surface area (Å²) in [7, 11) is -2.41. The molecule has 0 aliphatic rings. The molecule has 0 bridgehead atoms. The third kappa shape index (κ3) is 3.30. The number of methoxy groups -OCH3 is 1. The molecule has 0 spiro atoms. The molecule has 0 aliphatic heterocycles. The number of aryl methyl sites for hydroxylation is 1. The van der Waals surface area contributed by atoms with Gasteiger partial charge in [0.1, 0.15) is 9.77 Å². The average molecular weight is 291 g/mol. The third-order valence-electron chi connectivity index (χ3n) is 2.38. The highest BCUT2D eigenvalue weighted by Crippen LogP contribution is 2.27. The van der Waals surface area contributed by atoms with Gasteiger partial charge in [-0.2, -0.15) is 0 Å². The predicted octanol–water partition coefficient (Wildman–Crippen LogP) is 1.92. The zero-order valence-electron chi connectivity index (χ0n) is 10.6. The van der Waals surface area contributed by atoms with E-state index in [4.69, 9.17) is 0 Å². The van der Waals surface area contributed by atoms with E-state index in [2.05, 4.69) is 9.46 Å². The maximum Gasteiger partial charge on any atom is 0.349 e. The number of carbonyl (C=O) groups is 1. The summed E-state index contributed by atoms with van der Waals surface area (Å²) in [5.74, 6) is -0.621. The fourth-order valence-electron chi connectivity index (χ4n) is 1.46. The lowest BCUT2D eigenvalue weighted by Crippen LogP contribution is -2.26. The average Bonchev–Trinajstić information content (AvgIpc) is 2.71. The van der Waals surface area contributed by atoms with Crippen LogP contribution in [0.4, 0.5) is 0 Å². The quantitative estimate of drug-likeness (QED) is 0.642. The molecule has 1 aromatic heterocycles. The van der Waals surface area contributed by atoms with E-state index in [1.165, 1.54) is 7.11 Å². The number of hydrogen-bond acceptors (Lipinski definition) is 5. The zero-order valence-corrected chi connectivity index (χ0v) is 12.3. The number of carbonyl (C=O) groups excluding carboxylic acids is 1. The lowest BCUT2D eigenvalue weighted by atomic mass is 10.3. The first-order chi connectivity index (χ1) is 8.44. The second-order valence-corrected chi connectivity index (χ2v) is 6.40. The van der Waals surface area contributed by atoms with Crippen LogP contribution in [0.3, 0.4) is 0 Å². The Morgan fingerprint density at radius 1 is 1.50 bits per heavy atom. The number of nitrogens with one attached hydrogen (secondary N) is 1. The van der Waals surface area contributed by atoms with Gasteiger partial charge in [-0.15, -0.1) is 11.3 Å². The van der Waals surface area contributed by atoms with Gasteiger partial charge in [0.2, 0.25) is 10.0 Å². The molecular weight excluding hydrogens is 274 g/mol. The van der Waals surface area contributed by atoms with E-state index < -0.39 is 16.0 Å². The number of thiophene rings is 1. The van der Waals surface area contributed by atoms with Gasteiger partial charge in [-0.05, 0) is 24.3 Å². The summed E-state index contributed by atoms with van der Waals surface area (Å²) in [5, 5.41) is 1.64. The van der Waals surface area contributed by atoms with Gasteiger partial charge >= 0.3 is 5.97 Å². The molecule has 0 unspecified atom stereocenters. The maximum atomic E-state index is 12.1. The van der Waals surface area contributed by atoms with Crippen molar-refractivity contribution in [2.75, 3.05) is 13.7 Å². The zero-order chi connectivity index (χ0) is 13.8. The van der Waals surface area contributed by atoms with E-state index in [1.807, 2.05) is 6.92 Å². The second-order valence-electron chi connectivity index (χ2n) is 3.82. The van der Waals surface area contributed by atoms with Gasteiger partial charge in [0.15, 0.2) is 0 Å². The summed E-state index contributed by atoms with van der Waals surface area (Å²) < 4.78 is 31.3. The molecule has 0 aromatic carbocycles. The molecule has 5 nitrogen and oxygen atoms in total. The maximum absolute atomic E-state index is 12.1. The Labute approximate surface area is 111 Å². The van der Waals surface area contributed by atoms with Crippen LogP contribution < -0.4 is 4.72 Å². The van der Waals surface area contributed by atoms with E-state index in [0.717, 1.165) is 24.2 Å². The summed E-state index contributed by atoms with van der Waals surface area (Å²) >= 11 is 1.08.